The number of aromatic hydroxyl groups is 1. The van der Waals surface area contributed by atoms with Crippen LogP contribution in [0.15, 0.2) is 40.9 Å². The molecule has 4 nitrogen and oxygen atoms in total. The Labute approximate surface area is 132 Å². The monoisotopic (exact) mass is 348 g/mol. The fourth-order valence-electron chi connectivity index (χ4n) is 1.97. The summed E-state index contributed by atoms with van der Waals surface area (Å²) in [6.45, 7) is 4.10. The van der Waals surface area contributed by atoms with Gasteiger partial charge in [0.05, 0.1) is 4.47 Å². The first-order valence-electron chi connectivity index (χ1n) is 6.55. The molecule has 2 aromatic carbocycles. The first kappa shape index (κ1) is 15.4. The van der Waals surface area contributed by atoms with E-state index in [2.05, 4.69) is 26.6 Å². The SMILES string of the molecule is CC(=O)Nc1ccc(NCc2ccc(O)c(Br)c2)cc1C. The van der Waals surface area contributed by atoms with Gasteiger partial charge in [-0.3, -0.25) is 4.79 Å². The summed E-state index contributed by atoms with van der Waals surface area (Å²) in [4.78, 5) is 11.1. The minimum absolute atomic E-state index is 0.0762. The van der Waals surface area contributed by atoms with E-state index in [4.69, 9.17) is 0 Å². The molecular weight excluding hydrogens is 332 g/mol. The highest BCUT2D eigenvalue weighted by atomic mass is 79.9. The molecule has 21 heavy (non-hydrogen) atoms. The molecule has 5 heteroatoms. The summed E-state index contributed by atoms with van der Waals surface area (Å²) < 4.78 is 0.680. The second-order valence-electron chi connectivity index (χ2n) is 4.85. The number of aryl methyl sites for hydroxylation is 1. The van der Waals surface area contributed by atoms with Crippen molar-refractivity contribution in [2.75, 3.05) is 10.6 Å². The molecule has 2 aromatic rings. The molecular formula is C16H17BrN2O2. The van der Waals surface area contributed by atoms with Crippen LogP contribution in [0, 0.1) is 6.92 Å². The van der Waals surface area contributed by atoms with Crippen LogP contribution in [0.2, 0.25) is 0 Å². The fraction of sp³-hybridized carbons (Fsp3) is 0.188. The molecule has 0 radical (unpaired) electrons. The lowest BCUT2D eigenvalue weighted by atomic mass is 10.1. The smallest absolute Gasteiger partial charge is 0.221 e. The third-order valence-electron chi connectivity index (χ3n) is 3.05. The Hall–Kier alpha value is -2.01. The standard InChI is InChI=1S/C16H17BrN2O2/c1-10-7-13(4-5-15(10)19-11(2)20)18-9-12-3-6-16(21)14(17)8-12/h3-8,18,21H,9H2,1-2H3,(H,19,20). The van der Waals surface area contributed by atoms with Gasteiger partial charge in [0.2, 0.25) is 5.91 Å². The van der Waals surface area contributed by atoms with Crippen molar-refractivity contribution >= 4 is 33.2 Å². The lowest BCUT2D eigenvalue weighted by Gasteiger charge is -2.11. The zero-order valence-electron chi connectivity index (χ0n) is 11.9. The number of rotatable bonds is 4. The number of carbonyl (C=O) groups excluding carboxylic acids is 1. The first-order chi connectivity index (χ1) is 9.95. The van der Waals surface area contributed by atoms with Crippen LogP contribution in [0.1, 0.15) is 18.1 Å². The van der Waals surface area contributed by atoms with Crippen LogP contribution in [-0.2, 0) is 11.3 Å². The van der Waals surface area contributed by atoms with Crippen LogP contribution in [0.25, 0.3) is 0 Å². The van der Waals surface area contributed by atoms with Crippen molar-refractivity contribution in [3.63, 3.8) is 0 Å². The van der Waals surface area contributed by atoms with Gasteiger partial charge in [-0.05, 0) is 64.3 Å². The number of amides is 1. The van der Waals surface area contributed by atoms with Crippen molar-refractivity contribution < 1.29 is 9.90 Å². The van der Waals surface area contributed by atoms with Gasteiger partial charge >= 0.3 is 0 Å². The molecule has 0 aliphatic rings. The molecule has 0 aliphatic heterocycles. The van der Waals surface area contributed by atoms with Crippen molar-refractivity contribution in [3.8, 4) is 5.75 Å². The van der Waals surface area contributed by atoms with Crippen LogP contribution in [0.4, 0.5) is 11.4 Å². The van der Waals surface area contributed by atoms with E-state index in [1.54, 1.807) is 6.07 Å². The molecule has 0 heterocycles. The van der Waals surface area contributed by atoms with Gasteiger partial charge in [0.25, 0.3) is 0 Å². The van der Waals surface area contributed by atoms with E-state index >= 15 is 0 Å². The predicted molar refractivity (Wildman–Crippen MR) is 88.6 cm³/mol. The minimum atomic E-state index is -0.0762. The Morgan fingerprint density at radius 2 is 2.00 bits per heavy atom. The number of phenolic OH excluding ortho intramolecular Hbond substituents is 1. The molecule has 1 amide bonds. The van der Waals surface area contributed by atoms with E-state index in [1.807, 2.05) is 37.3 Å². The van der Waals surface area contributed by atoms with Gasteiger partial charge < -0.3 is 15.7 Å². The summed E-state index contributed by atoms with van der Waals surface area (Å²) >= 11 is 3.30. The maximum atomic E-state index is 11.1. The minimum Gasteiger partial charge on any atom is -0.507 e. The largest absolute Gasteiger partial charge is 0.507 e. The summed E-state index contributed by atoms with van der Waals surface area (Å²) in [5, 5.41) is 15.6. The Kier molecular flexibility index (Phi) is 4.85. The van der Waals surface area contributed by atoms with Gasteiger partial charge in [0.1, 0.15) is 5.75 Å². The van der Waals surface area contributed by atoms with Gasteiger partial charge in [-0.1, -0.05) is 6.07 Å². The van der Waals surface area contributed by atoms with E-state index < -0.39 is 0 Å². The maximum absolute atomic E-state index is 11.1. The summed E-state index contributed by atoms with van der Waals surface area (Å²) in [5.41, 5.74) is 3.86. The number of carbonyl (C=O) groups is 1. The zero-order valence-corrected chi connectivity index (χ0v) is 13.5. The molecule has 0 fully saturated rings. The van der Waals surface area contributed by atoms with Crippen molar-refractivity contribution in [2.24, 2.45) is 0 Å². The van der Waals surface area contributed by atoms with Crippen molar-refractivity contribution in [1.82, 2.24) is 0 Å². The maximum Gasteiger partial charge on any atom is 0.221 e. The second kappa shape index (κ2) is 6.63. The first-order valence-corrected chi connectivity index (χ1v) is 7.34. The van der Waals surface area contributed by atoms with Gasteiger partial charge in [-0.15, -0.1) is 0 Å². The molecule has 0 unspecified atom stereocenters. The summed E-state index contributed by atoms with van der Waals surface area (Å²) in [5.74, 6) is 0.155. The van der Waals surface area contributed by atoms with E-state index in [1.165, 1.54) is 6.92 Å². The van der Waals surface area contributed by atoms with Crippen molar-refractivity contribution in [1.29, 1.82) is 0 Å². The predicted octanol–water partition coefficient (Wildman–Crippen LogP) is 4.03. The summed E-state index contributed by atoms with van der Waals surface area (Å²) in [7, 11) is 0. The number of halogens is 1. The Bertz CT molecular complexity index is 671. The molecule has 2 rings (SSSR count). The van der Waals surface area contributed by atoms with E-state index in [9.17, 15) is 9.90 Å². The normalized spacial score (nSPS) is 10.2. The quantitative estimate of drug-likeness (QED) is 0.781. The van der Waals surface area contributed by atoms with Crippen LogP contribution < -0.4 is 10.6 Å². The Morgan fingerprint density at radius 3 is 2.62 bits per heavy atom. The Balaban J connectivity index is 2.04. The Morgan fingerprint density at radius 1 is 1.24 bits per heavy atom. The van der Waals surface area contributed by atoms with Gasteiger partial charge in [0.15, 0.2) is 0 Å². The highest BCUT2D eigenvalue weighted by Crippen LogP contribution is 2.25. The molecule has 110 valence electrons. The average Bonchev–Trinajstić information content (AvgIpc) is 2.42. The van der Waals surface area contributed by atoms with Crippen molar-refractivity contribution in [2.45, 2.75) is 20.4 Å². The van der Waals surface area contributed by atoms with Crippen LogP contribution >= 0.6 is 15.9 Å². The highest BCUT2D eigenvalue weighted by Gasteiger charge is 2.03. The summed E-state index contributed by atoms with van der Waals surface area (Å²) in [6.07, 6.45) is 0. The molecule has 3 N–H and O–H groups in total. The molecule has 0 atom stereocenters. The molecule has 0 aromatic heterocycles. The lowest BCUT2D eigenvalue weighted by Crippen LogP contribution is -2.07. The van der Waals surface area contributed by atoms with Crippen LogP contribution in [0.5, 0.6) is 5.75 Å². The van der Waals surface area contributed by atoms with Crippen LogP contribution in [-0.4, -0.2) is 11.0 Å². The molecule has 0 spiro atoms. The molecule has 0 saturated heterocycles. The van der Waals surface area contributed by atoms with Gasteiger partial charge in [-0.25, -0.2) is 0 Å². The number of anilines is 2. The molecule has 0 saturated carbocycles. The van der Waals surface area contributed by atoms with Gasteiger partial charge in [0, 0.05) is 24.8 Å². The van der Waals surface area contributed by atoms with Crippen molar-refractivity contribution in [3.05, 3.63) is 52.0 Å². The lowest BCUT2D eigenvalue weighted by molar-refractivity contribution is -0.114. The molecule has 0 aliphatic carbocycles. The van der Waals surface area contributed by atoms with E-state index in [0.717, 1.165) is 22.5 Å². The average molecular weight is 349 g/mol. The van der Waals surface area contributed by atoms with Crippen LogP contribution in [0.3, 0.4) is 0 Å². The number of benzene rings is 2. The highest BCUT2D eigenvalue weighted by molar-refractivity contribution is 9.10. The van der Waals surface area contributed by atoms with Gasteiger partial charge in [-0.2, -0.15) is 0 Å². The third kappa shape index (κ3) is 4.23. The van der Waals surface area contributed by atoms with E-state index in [0.29, 0.717) is 11.0 Å². The second-order valence-corrected chi connectivity index (χ2v) is 5.70. The number of hydrogen-bond acceptors (Lipinski definition) is 3. The number of nitrogens with one attached hydrogen (secondary N) is 2. The van der Waals surface area contributed by atoms with E-state index in [-0.39, 0.29) is 11.7 Å². The summed E-state index contributed by atoms with van der Waals surface area (Å²) in [6, 6.07) is 11.2. The number of phenols is 1. The fourth-order valence-corrected chi connectivity index (χ4v) is 2.39. The zero-order chi connectivity index (χ0) is 15.4. The topological polar surface area (TPSA) is 61.4 Å². The number of hydrogen-bond donors (Lipinski definition) is 3. The third-order valence-corrected chi connectivity index (χ3v) is 3.68. The molecule has 0 bridgehead atoms.